The summed E-state index contributed by atoms with van der Waals surface area (Å²) >= 11 is 0. The van der Waals surface area contributed by atoms with Crippen LogP contribution in [0, 0.1) is 0 Å². The average Bonchev–Trinajstić information content (AvgIpc) is 2.15. The first-order chi connectivity index (χ1) is 6.92. The average molecular weight is 217 g/mol. The fourth-order valence-corrected chi connectivity index (χ4v) is 1.15. The number of aliphatic hydroxyl groups excluding tert-OH is 1. The number of halogens is 1. The lowest BCUT2D eigenvalue weighted by Crippen LogP contribution is -2.31. The van der Waals surface area contributed by atoms with Gasteiger partial charge in [0.05, 0.1) is 0 Å². The number of nitrogens with zero attached hydrogens (tertiary/aromatic N) is 1. The quantitative estimate of drug-likeness (QED) is 0.757. The highest BCUT2D eigenvalue weighted by atomic mass is 19.1. The fourth-order valence-electron chi connectivity index (χ4n) is 1.15. The lowest BCUT2D eigenvalue weighted by molar-refractivity contribution is -0.121. The first kappa shape index (κ1) is 12.0. The van der Waals surface area contributed by atoms with E-state index in [2.05, 4.69) is 0 Å². The van der Waals surface area contributed by atoms with Crippen LogP contribution in [0.3, 0.4) is 0 Å². The van der Waals surface area contributed by atoms with E-state index in [1.165, 1.54) is 20.0 Å². The molecule has 0 fully saturated rings. The van der Waals surface area contributed by atoms with Crippen LogP contribution in [0.4, 0.5) is 4.39 Å². The second-order valence-electron chi connectivity index (χ2n) is 4.13. The summed E-state index contributed by atoms with van der Waals surface area (Å²) in [5.41, 5.74) is -1.47. The zero-order valence-corrected chi connectivity index (χ0v) is 8.99. The van der Waals surface area contributed by atoms with Crippen LogP contribution in [-0.2, 0) is 9.53 Å². The topological polar surface area (TPSA) is 49.8 Å². The molecular weight excluding hydrogens is 201 g/mol. The van der Waals surface area contributed by atoms with Crippen molar-refractivity contribution >= 4 is 5.78 Å². The minimum atomic E-state index is -1.47. The standard InChI is InChI=1S/C10H16FNO3/c1-10(2,11)6-15-9-5-12(7-13)4-3-8(9)14/h5,13H,3-4,6-7H2,1-2H3. The van der Waals surface area contributed by atoms with E-state index in [-0.39, 0.29) is 24.9 Å². The number of alkyl halides is 1. The third-order valence-electron chi connectivity index (χ3n) is 1.95. The summed E-state index contributed by atoms with van der Waals surface area (Å²) in [6.45, 7) is 2.90. The molecule has 0 atom stereocenters. The van der Waals surface area contributed by atoms with Crippen LogP contribution in [0.1, 0.15) is 20.3 Å². The Hall–Kier alpha value is -1.10. The predicted octanol–water partition coefficient (Wildman–Crippen LogP) is 0.817. The first-order valence-electron chi connectivity index (χ1n) is 4.84. The second-order valence-corrected chi connectivity index (χ2v) is 4.13. The highest BCUT2D eigenvalue weighted by molar-refractivity contribution is 5.94. The largest absolute Gasteiger partial charge is 0.485 e. The Bertz CT molecular complexity index is 270. The molecule has 0 aromatic carbocycles. The summed E-state index contributed by atoms with van der Waals surface area (Å²) in [6.07, 6.45) is 1.72. The molecule has 0 aromatic heterocycles. The number of rotatable bonds is 4. The predicted molar refractivity (Wildman–Crippen MR) is 52.6 cm³/mol. The molecule has 0 aromatic rings. The zero-order valence-electron chi connectivity index (χ0n) is 8.99. The fraction of sp³-hybridized carbons (Fsp3) is 0.700. The molecular formula is C10H16FNO3. The van der Waals surface area contributed by atoms with Crippen molar-refractivity contribution in [2.75, 3.05) is 19.9 Å². The van der Waals surface area contributed by atoms with Gasteiger partial charge in [0.15, 0.2) is 5.76 Å². The van der Waals surface area contributed by atoms with Gasteiger partial charge in [-0.3, -0.25) is 4.79 Å². The van der Waals surface area contributed by atoms with Gasteiger partial charge < -0.3 is 14.7 Å². The van der Waals surface area contributed by atoms with Gasteiger partial charge in [-0.05, 0) is 13.8 Å². The number of aliphatic hydroxyl groups is 1. The molecule has 4 nitrogen and oxygen atoms in total. The molecule has 0 amide bonds. The molecule has 1 rings (SSSR count). The van der Waals surface area contributed by atoms with Crippen molar-refractivity contribution in [3.05, 3.63) is 12.0 Å². The van der Waals surface area contributed by atoms with Crippen LogP contribution < -0.4 is 0 Å². The maximum absolute atomic E-state index is 13.1. The summed E-state index contributed by atoms with van der Waals surface area (Å²) in [5.74, 6) is -0.0232. The molecule has 0 bridgehead atoms. The van der Waals surface area contributed by atoms with Crippen LogP contribution in [0.5, 0.6) is 0 Å². The number of carbonyl (C=O) groups excluding carboxylic acids is 1. The Kier molecular flexibility index (Phi) is 3.68. The van der Waals surface area contributed by atoms with Gasteiger partial charge in [-0.2, -0.15) is 0 Å². The number of ketones is 1. The molecule has 0 radical (unpaired) electrons. The van der Waals surface area contributed by atoms with E-state index >= 15 is 0 Å². The van der Waals surface area contributed by atoms with Crippen molar-refractivity contribution in [3.63, 3.8) is 0 Å². The van der Waals surface area contributed by atoms with Gasteiger partial charge in [-0.15, -0.1) is 0 Å². The van der Waals surface area contributed by atoms with Crippen molar-refractivity contribution in [3.8, 4) is 0 Å². The molecule has 1 aliphatic rings. The lowest BCUT2D eigenvalue weighted by Gasteiger charge is -2.24. The number of allylic oxidation sites excluding steroid dienone is 1. The van der Waals surface area contributed by atoms with Crippen LogP contribution >= 0.6 is 0 Å². The number of carbonyl (C=O) groups is 1. The van der Waals surface area contributed by atoms with Crippen molar-refractivity contribution in [1.29, 1.82) is 0 Å². The molecule has 15 heavy (non-hydrogen) atoms. The smallest absolute Gasteiger partial charge is 0.200 e. The van der Waals surface area contributed by atoms with E-state index < -0.39 is 5.67 Å². The van der Waals surface area contributed by atoms with Crippen molar-refractivity contribution in [2.24, 2.45) is 0 Å². The molecule has 5 heteroatoms. The molecule has 1 heterocycles. The third-order valence-corrected chi connectivity index (χ3v) is 1.95. The summed E-state index contributed by atoms with van der Waals surface area (Å²) in [4.78, 5) is 12.9. The maximum Gasteiger partial charge on any atom is 0.200 e. The van der Waals surface area contributed by atoms with E-state index in [1.807, 2.05) is 0 Å². The van der Waals surface area contributed by atoms with Crippen LogP contribution in [0.15, 0.2) is 12.0 Å². The normalized spacial score (nSPS) is 17.7. The maximum atomic E-state index is 13.1. The molecule has 1 N–H and O–H groups in total. The molecule has 0 saturated heterocycles. The SMILES string of the molecule is CC(C)(F)COC1=CN(CO)CCC1=O. The molecule has 0 saturated carbocycles. The Balaban J connectivity index is 2.58. The molecule has 0 aliphatic carbocycles. The van der Waals surface area contributed by atoms with Gasteiger partial charge >= 0.3 is 0 Å². The Morgan fingerprint density at radius 1 is 1.67 bits per heavy atom. The highest BCUT2D eigenvalue weighted by Gasteiger charge is 2.23. The van der Waals surface area contributed by atoms with Crippen molar-refractivity contribution < 1.29 is 19.0 Å². The van der Waals surface area contributed by atoms with E-state index in [0.717, 1.165) is 0 Å². The monoisotopic (exact) mass is 217 g/mol. The number of ether oxygens (including phenoxy) is 1. The van der Waals surface area contributed by atoms with E-state index in [9.17, 15) is 9.18 Å². The number of hydrogen-bond acceptors (Lipinski definition) is 4. The summed E-state index contributed by atoms with van der Waals surface area (Å²) in [5, 5.41) is 8.86. The van der Waals surface area contributed by atoms with E-state index in [1.54, 1.807) is 4.90 Å². The Morgan fingerprint density at radius 2 is 2.33 bits per heavy atom. The number of Topliss-reactive ketones (excluding diaryl/α,β-unsaturated/α-hetero) is 1. The molecule has 86 valence electrons. The van der Waals surface area contributed by atoms with Crippen molar-refractivity contribution in [2.45, 2.75) is 25.9 Å². The van der Waals surface area contributed by atoms with Gasteiger partial charge in [0, 0.05) is 19.2 Å². The minimum absolute atomic E-state index is 0.126. The van der Waals surface area contributed by atoms with Gasteiger partial charge in [-0.25, -0.2) is 4.39 Å². The Labute approximate surface area is 88.3 Å². The summed E-state index contributed by atoms with van der Waals surface area (Å²) in [7, 11) is 0. The van der Waals surface area contributed by atoms with Gasteiger partial charge in [0.2, 0.25) is 5.78 Å². The van der Waals surface area contributed by atoms with E-state index in [0.29, 0.717) is 13.0 Å². The second kappa shape index (κ2) is 4.61. The first-order valence-corrected chi connectivity index (χ1v) is 4.84. The van der Waals surface area contributed by atoms with Gasteiger partial charge in [-0.1, -0.05) is 0 Å². The summed E-state index contributed by atoms with van der Waals surface area (Å²) < 4.78 is 18.2. The highest BCUT2D eigenvalue weighted by Crippen LogP contribution is 2.16. The van der Waals surface area contributed by atoms with Crippen LogP contribution in [-0.4, -0.2) is 41.3 Å². The summed E-state index contributed by atoms with van der Waals surface area (Å²) in [6, 6.07) is 0. The molecule has 0 unspecified atom stereocenters. The van der Waals surface area contributed by atoms with Gasteiger partial charge in [0.1, 0.15) is 19.0 Å². The van der Waals surface area contributed by atoms with E-state index in [4.69, 9.17) is 9.84 Å². The Morgan fingerprint density at radius 3 is 2.87 bits per heavy atom. The number of hydrogen-bond donors (Lipinski definition) is 1. The van der Waals surface area contributed by atoms with Crippen LogP contribution in [0.25, 0.3) is 0 Å². The zero-order chi connectivity index (χ0) is 11.5. The van der Waals surface area contributed by atoms with Gasteiger partial charge in [0.25, 0.3) is 0 Å². The minimum Gasteiger partial charge on any atom is -0.485 e. The van der Waals surface area contributed by atoms with Crippen molar-refractivity contribution in [1.82, 2.24) is 4.90 Å². The molecule has 1 aliphatic heterocycles. The van der Waals surface area contributed by atoms with Crippen LogP contribution in [0.2, 0.25) is 0 Å². The lowest BCUT2D eigenvalue weighted by atomic mass is 10.1. The third kappa shape index (κ3) is 3.87. The molecule has 0 spiro atoms.